The summed E-state index contributed by atoms with van der Waals surface area (Å²) in [5.41, 5.74) is 5.49. The van der Waals surface area contributed by atoms with Gasteiger partial charge >= 0.3 is 0 Å². The van der Waals surface area contributed by atoms with Crippen LogP contribution in [0.1, 0.15) is 0 Å². The first kappa shape index (κ1) is 15.3. The van der Waals surface area contributed by atoms with Crippen LogP contribution in [0.15, 0.2) is 97.2 Å². The van der Waals surface area contributed by atoms with E-state index in [9.17, 15) is 4.39 Å². The first-order valence-electron chi connectivity index (χ1n) is 8.18. The maximum atomic E-state index is 14.3. The summed E-state index contributed by atoms with van der Waals surface area (Å²) < 4.78 is 14.3. The van der Waals surface area contributed by atoms with Gasteiger partial charge in [0.25, 0.3) is 0 Å². The van der Waals surface area contributed by atoms with Gasteiger partial charge in [0.2, 0.25) is 0 Å². The van der Waals surface area contributed by atoms with Crippen molar-refractivity contribution < 1.29 is 4.39 Å². The highest BCUT2D eigenvalue weighted by atomic mass is 19.1. The third-order valence-corrected chi connectivity index (χ3v) is 4.21. The van der Waals surface area contributed by atoms with Crippen LogP contribution in [-0.4, -0.2) is 4.98 Å². The number of nitrogens with zero attached hydrogens (tertiary/aromatic N) is 1. The Labute approximate surface area is 146 Å². The van der Waals surface area contributed by atoms with Gasteiger partial charge in [-0.2, -0.15) is 0 Å². The largest absolute Gasteiger partial charge is 0.256 e. The number of halogens is 1. The number of hydrogen-bond donors (Lipinski definition) is 0. The number of aromatic nitrogens is 1. The molecule has 120 valence electrons. The van der Waals surface area contributed by atoms with Crippen molar-refractivity contribution in [1.82, 2.24) is 4.98 Å². The van der Waals surface area contributed by atoms with E-state index < -0.39 is 0 Å². The summed E-state index contributed by atoms with van der Waals surface area (Å²) >= 11 is 0. The third kappa shape index (κ3) is 3.20. The molecule has 0 amide bonds. The van der Waals surface area contributed by atoms with Gasteiger partial charge in [-0.1, -0.05) is 60.7 Å². The fourth-order valence-electron chi connectivity index (χ4n) is 2.93. The lowest BCUT2D eigenvalue weighted by atomic mass is 9.97. The van der Waals surface area contributed by atoms with Gasteiger partial charge in [-0.15, -0.1) is 0 Å². The van der Waals surface area contributed by atoms with Gasteiger partial charge in [0.15, 0.2) is 0 Å². The highest BCUT2D eigenvalue weighted by Crippen LogP contribution is 2.30. The quantitative estimate of drug-likeness (QED) is 0.435. The lowest BCUT2D eigenvalue weighted by Gasteiger charge is -2.09. The van der Waals surface area contributed by atoms with Gasteiger partial charge in [0.1, 0.15) is 5.82 Å². The fourth-order valence-corrected chi connectivity index (χ4v) is 2.93. The molecule has 0 aliphatic rings. The predicted octanol–water partition coefficient (Wildman–Crippen LogP) is 6.22. The summed E-state index contributed by atoms with van der Waals surface area (Å²) in [6, 6.07) is 29.2. The first-order chi connectivity index (χ1) is 12.3. The Hall–Kier alpha value is -3.26. The summed E-state index contributed by atoms with van der Waals surface area (Å²) in [5, 5.41) is 0. The SMILES string of the molecule is Fc1ccc(-c2cccc(-c3ccccc3)c2)cc1-c1ccccn1. The van der Waals surface area contributed by atoms with Crippen LogP contribution in [0.2, 0.25) is 0 Å². The van der Waals surface area contributed by atoms with Crippen LogP contribution in [0.25, 0.3) is 33.5 Å². The number of rotatable bonds is 3. The summed E-state index contributed by atoms with van der Waals surface area (Å²) in [6.45, 7) is 0. The van der Waals surface area contributed by atoms with Crippen LogP contribution in [-0.2, 0) is 0 Å². The standard InChI is InChI=1S/C23H16FN/c24-22-13-12-20(16-21(22)23-11-4-5-14-25-23)19-10-6-9-18(15-19)17-7-2-1-3-8-17/h1-16H. The van der Waals surface area contributed by atoms with E-state index in [-0.39, 0.29) is 5.82 Å². The lowest BCUT2D eigenvalue weighted by molar-refractivity contribution is 0.631. The molecule has 3 aromatic carbocycles. The van der Waals surface area contributed by atoms with Crippen LogP contribution in [0.5, 0.6) is 0 Å². The van der Waals surface area contributed by atoms with Crippen LogP contribution in [0, 0.1) is 5.82 Å². The zero-order valence-corrected chi connectivity index (χ0v) is 13.6. The van der Waals surface area contributed by atoms with Crippen LogP contribution >= 0.6 is 0 Å². The van der Waals surface area contributed by atoms with Gasteiger partial charge in [-0.3, -0.25) is 4.98 Å². The van der Waals surface area contributed by atoms with Crippen molar-refractivity contribution in [1.29, 1.82) is 0 Å². The maximum Gasteiger partial charge on any atom is 0.132 e. The minimum atomic E-state index is -0.262. The summed E-state index contributed by atoms with van der Waals surface area (Å²) in [6.07, 6.45) is 1.68. The molecule has 1 nitrogen and oxygen atoms in total. The van der Waals surface area contributed by atoms with Crippen molar-refractivity contribution in [3.63, 3.8) is 0 Å². The van der Waals surface area contributed by atoms with E-state index in [1.807, 2.05) is 60.7 Å². The second kappa shape index (κ2) is 6.70. The molecule has 0 aliphatic heterocycles. The van der Waals surface area contributed by atoms with E-state index in [1.165, 1.54) is 6.07 Å². The molecule has 0 spiro atoms. The summed E-state index contributed by atoms with van der Waals surface area (Å²) in [4.78, 5) is 4.27. The second-order valence-electron chi connectivity index (χ2n) is 5.86. The van der Waals surface area contributed by atoms with E-state index in [4.69, 9.17) is 0 Å². The molecule has 4 aromatic rings. The van der Waals surface area contributed by atoms with Crippen LogP contribution in [0.4, 0.5) is 4.39 Å². The van der Waals surface area contributed by atoms with Crippen molar-refractivity contribution in [2.45, 2.75) is 0 Å². The van der Waals surface area contributed by atoms with Gasteiger partial charge in [-0.25, -0.2) is 4.39 Å². The van der Waals surface area contributed by atoms with Crippen LogP contribution in [0.3, 0.4) is 0 Å². The zero-order valence-electron chi connectivity index (χ0n) is 13.6. The number of benzene rings is 3. The Kier molecular flexibility index (Phi) is 4.09. The van der Waals surface area contributed by atoms with Crippen molar-refractivity contribution in [2.75, 3.05) is 0 Å². The van der Waals surface area contributed by atoms with E-state index in [1.54, 1.807) is 6.20 Å². The minimum absolute atomic E-state index is 0.262. The van der Waals surface area contributed by atoms with E-state index >= 15 is 0 Å². The maximum absolute atomic E-state index is 14.3. The van der Waals surface area contributed by atoms with Gasteiger partial charge in [0.05, 0.1) is 5.69 Å². The topological polar surface area (TPSA) is 12.9 Å². The average Bonchev–Trinajstić information content (AvgIpc) is 2.70. The lowest BCUT2D eigenvalue weighted by Crippen LogP contribution is -1.89. The molecule has 0 saturated heterocycles. The Balaban J connectivity index is 1.78. The molecular formula is C23H16FN. The Morgan fingerprint density at radius 3 is 2.00 bits per heavy atom. The average molecular weight is 325 g/mol. The van der Waals surface area contributed by atoms with Crippen molar-refractivity contribution in [3.05, 3.63) is 103 Å². The number of hydrogen-bond acceptors (Lipinski definition) is 1. The molecule has 2 heteroatoms. The molecule has 0 fully saturated rings. The van der Waals surface area contributed by atoms with E-state index in [2.05, 4.69) is 29.2 Å². The molecule has 1 aromatic heterocycles. The fraction of sp³-hybridized carbons (Fsp3) is 0. The molecule has 4 rings (SSSR count). The first-order valence-corrected chi connectivity index (χ1v) is 8.18. The van der Waals surface area contributed by atoms with Gasteiger partial charge in [0, 0.05) is 11.8 Å². The molecule has 25 heavy (non-hydrogen) atoms. The van der Waals surface area contributed by atoms with E-state index in [0.29, 0.717) is 11.3 Å². The molecule has 0 N–H and O–H groups in total. The molecule has 0 radical (unpaired) electrons. The van der Waals surface area contributed by atoms with Crippen molar-refractivity contribution >= 4 is 0 Å². The molecule has 1 heterocycles. The number of pyridine rings is 1. The summed E-state index contributed by atoms with van der Waals surface area (Å²) in [7, 11) is 0. The molecule has 0 saturated carbocycles. The monoisotopic (exact) mass is 325 g/mol. The molecule has 0 bridgehead atoms. The van der Waals surface area contributed by atoms with Crippen LogP contribution < -0.4 is 0 Å². The molecular weight excluding hydrogens is 309 g/mol. The highest BCUT2D eigenvalue weighted by Gasteiger charge is 2.09. The molecule has 0 unspecified atom stereocenters. The minimum Gasteiger partial charge on any atom is -0.256 e. The zero-order chi connectivity index (χ0) is 17.1. The van der Waals surface area contributed by atoms with Crippen molar-refractivity contribution in [2.24, 2.45) is 0 Å². The Morgan fingerprint density at radius 2 is 1.24 bits per heavy atom. The van der Waals surface area contributed by atoms with Crippen molar-refractivity contribution in [3.8, 4) is 33.5 Å². The smallest absolute Gasteiger partial charge is 0.132 e. The molecule has 0 aliphatic carbocycles. The summed E-state index contributed by atoms with van der Waals surface area (Å²) in [5.74, 6) is -0.262. The Morgan fingerprint density at radius 1 is 0.560 bits per heavy atom. The predicted molar refractivity (Wildman–Crippen MR) is 101 cm³/mol. The van der Waals surface area contributed by atoms with E-state index in [0.717, 1.165) is 22.3 Å². The Bertz CT molecular complexity index is 995. The molecule has 0 atom stereocenters. The van der Waals surface area contributed by atoms with Gasteiger partial charge < -0.3 is 0 Å². The second-order valence-corrected chi connectivity index (χ2v) is 5.86. The highest BCUT2D eigenvalue weighted by molar-refractivity contribution is 5.76. The van der Waals surface area contributed by atoms with Gasteiger partial charge in [-0.05, 0) is 52.6 Å². The normalized spacial score (nSPS) is 10.6. The third-order valence-electron chi connectivity index (χ3n) is 4.21.